The summed E-state index contributed by atoms with van der Waals surface area (Å²) < 4.78 is 13.6. The number of aliphatic hydroxyl groups excluding tert-OH is 1. The van der Waals surface area contributed by atoms with E-state index in [1.807, 2.05) is 6.07 Å². The van der Waals surface area contributed by atoms with Gasteiger partial charge in [0.1, 0.15) is 5.82 Å². The Bertz CT molecular complexity index is 899. The van der Waals surface area contributed by atoms with E-state index in [4.69, 9.17) is 0 Å². The number of rotatable bonds is 9. The molecule has 1 amide bonds. The Labute approximate surface area is 203 Å². The molecule has 0 saturated heterocycles. The van der Waals surface area contributed by atoms with Crippen LogP contribution in [0.25, 0.3) is 0 Å². The van der Waals surface area contributed by atoms with E-state index >= 15 is 0 Å². The lowest BCUT2D eigenvalue weighted by Crippen LogP contribution is -2.53. The van der Waals surface area contributed by atoms with Crippen LogP contribution in [0.1, 0.15) is 75.5 Å². The molecule has 0 aliphatic heterocycles. The number of benzene rings is 2. The lowest BCUT2D eigenvalue weighted by molar-refractivity contribution is -0.120. The summed E-state index contributed by atoms with van der Waals surface area (Å²) in [5.74, 6) is -0.0676. The smallest absolute Gasteiger partial charge is 0.217 e. The van der Waals surface area contributed by atoms with Crippen molar-refractivity contribution >= 4 is 18.3 Å². The Morgan fingerprint density at radius 3 is 2.42 bits per heavy atom. The predicted molar refractivity (Wildman–Crippen MR) is 134 cm³/mol. The van der Waals surface area contributed by atoms with Gasteiger partial charge in [-0.3, -0.25) is 4.79 Å². The zero-order chi connectivity index (χ0) is 23.1. The fourth-order valence-corrected chi connectivity index (χ4v) is 4.82. The van der Waals surface area contributed by atoms with E-state index in [1.165, 1.54) is 36.6 Å². The first-order valence-electron chi connectivity index (χ1n) is 11.8. The molecule has 6 heteroatoms. The molecule has 0 unspecified atom stereocenters. The molecule has 33 heavy (non-hydrogen) atoms. The number of carbonyl (C=O) groups is 1. The van der Waals surface area contributed by atoms with Crippen LogP contribution in [0.3, 0.4) is 0 Å². The minimum Gasteiger partial charge on any atom is -0.390 e. The Kier molecular flexibility index (Phi) is 10.3. The fraction of sp³-hybridized carbons (Fsp3) is 0.519. The van der Waals surface area contributed by atoms with Gasteiger partial charge >= 0.3 is 0 Å². The van der Waals surface area contributed by atoms with Gasteiger partial charge in [-0.15, -0.1) is 12.4 Å². The monoisotopic (exact) mass is 476 g/mol. The molecule has 1 aliphatic carbocycles. The van der Waals surface area contributed by atoms with E-state index in [2.05, 4.69) is 48.7 Å². The second-order valence-electron chi connectivity index (χ2n) is 9.51. The molecule has 1 aliphatic rings. The first kappa shape index (κ1) is 27.3. The molecule has 0 bridgehead atoms. The molecular formula is C27H38ClFN2O2. The van der Waals surface area contributed by atoms with Crippen molar-refractivity contribution in [3.63, 3.8) is 0 Å². The number of amides is 1. The van der Waals surface area contributed by atoms with E-state index in [1.54, 1.807) is 6.07 Å². The maximum atomic E-state index is 13.6. The zero-order valence-corrected chi connectivity index (χ0v) is 20.8. The molecule has 2 aromatic rings. The van der Waals surface area contributed by atoms with Gasteiger partial charge in [0.15, 0.2) is 0 Å². The van der Waals surface area contributed by atoms with Gasteiger partial charge in [0.25, 0.3) is 0 Å². The third-order valence-corrected chi connectivity index (χ3v) is 6.66. The molecule has 0 radical (unpaired) electrons. The van der Waals surface area contributed by atoms with Gasteiger partial charge in [0.2, 0.25) is 5.91 Å². The molecule has 0 aromatic heterocycles. The van der Waals surface area contributed by atoms with Crippen LogP contribution in [0.5, 0.6) is 0 Å². The van der Waals surface area contributed by atoms with Crippen LogP contribution in [-0.4, -0.2) is 29.7 Å². The predicted octanol–water partition coefficient (Wildman–Crippen LogP) is 5.23. The number of hydrogen-bond donors (Lipinski definition) is 3. The molecule has 1 fully saturated rings. The summed E-state index contributed by atoms with van der Waals surface area (Å²) in [6.45, 7) is 6.20. The van der Waals surface area contributed by atoms with Gasteiger partial charge < -0.3 is 15.7 Å². The van der Waals surface area contributed by atoms with Crippen LogP contribution < -0.4 is 10.6 Å². The average molecular weight is 477 g/mol. The minimum absolute atomic E-state index is 0. The molecule has 0 spiro atoms. The molecule has 3 N–H and O–H groups in total. The maximum Gasteiger partial charge on any atom is 0.217 e. The Morgan fingerprint density at radius 2 is 1.79 bits per heavy atom. The maximum absolute atomic E-state index is 13.6. The van der Waals surface area contributed by atoms with Crippen molar-refractivity contribution in [3.8, 4) is 0 Å². The van der Waals surface area contributed by atoms with Crippen molar-refractivity contribution in [1.29, 1.82) is 0 Å². The van der Waals surface area contributed by atoms with Crippen molar-refractivity contribution < 1.29 is 14.3 Å². The highest BCUT2D eigenvalue weighted by Gasteiger charge is 2.35. The highest BCUT2D eigenvalue weighted by molar-refractivity contribution is 5.85. The number of halogens is 2. The topological polar surface area (TPSA) is 61.4 Å². The second kappa shape index (κ2) is 12.5. The van der Waals surface area contributed by atoms with Gasteiger partial charge in [-0.2, -0.15) is 0 Å². The molecule has 2 atom stereocenters. The van der Waals surface area contributed by atoms with Gasteiger partial charge in [0, 0.05) is 19.0 Å². The van der Waals surface area contributed by atoms with E-state index in [9.17, 15) is 14.3 Å². The van der Waals surface area contributed by atoms with E-state index in [0.29, 0.717) is 18.9 Å². The van der Waals surface area contributed by atoms with E-state index < -0.39 is 12.1 Å². The van der Waals surface area contributed by atoms with Gasteiger partial charge in [-0.25, -0.2) is 4.39 Å². The molecule has 4 nitrogen and oxygen atoms in total. The van der Waals surface area contributed by atoms with Crippen LogP contribution in [0.15, 0.2) is 48.5 Å². The van der Waals surface area contributed by atoms with Crippen LogP contribution >= 0.6 is 12.4 Å². The largest absolute Gasteiger partial charge is 0.390 e. The lowest BCUT2D eigenvalue weighted by atomic mass is 9.75. The molecule has 3 rings (SSSR count). The average Bonchev–Trinajstić information content (AvgIpc) is 2.77. The quantitative estimate of drug-likeness (QED) is 0.464. The van der Waals surface area contributed by atoms with Crippen LogP contribution in [-0.2, 0) is 16.8 Å². The van der Waals surface area contributed by atoms with Gasteiger partial charge in [-0.05, 0) is 54.0 Å². The number of carbonyl (C=O) groups excluding carboxylic acids is 1. The highest BCUT2D eigenvalue weighted by atomic mass is 35.5. The zero-order valence-electron chi connectivity index (χ0n) is 19.9. The van der Waals surface area contributed by atoms with Crippen molar-refractivity contribution in [3.05, 3.63) is 71.0 Å². The summed E-state index contributed by atoms with van der Waals surface area (Å²) in [6, 6.07) is 14.6. The van der Waals surface area contributed by atoms with Gasteiger partial charge in [0.05, 0.1) is 12.1 Å². The molecule has 0 heterocycles. The van der Waals surface area contributed by atoms with Crippen molar-refractivity contribution in [2.75, 3.05) is 6.54 Å². The Hall–Kier alpha value is -1.95. The SMILES string of the molecule is CC(=O)N[C@@H](Cc1cccc(F)c1)[C@@H](O)CNC1(c2cccc(C(C)C)c2)CCCCC1.Cl. The van der Waals surface area contributed by atoms with Crippen molar-refractivity contribution in [1.82, 2.24) is 10.6 Å². The van der Waals surface area contributed by atoms with Crippen molar-refractivity contribution in [2.45, 2.75) is 82.9 Å². The van der Waals surface area contributed by atoms with Crippen LogP contribution in [0.4, 0.5) is 4.39 Å². The molecule has 1 saturated carbocycles. The minimum atomic E-state index is -0.797. The lowest BCUT2D eigenvalue weighted by Gasteiger charge is -2.40. The first-order chi connectivity index (χ1) is 15.3. The van der Waals surface area contributed by atoms with E-state index in [-0.39, 0.29) is 29.7 Å². The Balaban J connectivity index is 0.00000385. The summed E-state index contributed by atoms with van der Waals surface area (Å²) in [5.41, 5.74) is 3.16. The number of nitrogens with one attached hydrogen (secondary N) is 2. The van der Waals surface area contributed by atoms with Crippen LogP contribution in [0, 0.1) is 5.82 Å². The second-order valence-corrected chi connectivity index (χ2v) is 9.51. The third-order valence-electron chi connectivity index (χ3n) is 6.66. The fourth-order valence-electron chi connectivity index (χ4n) is 4.82. The first-order valence-corrected chi connectivity index (χ1v) is 11.8. The van der Waals surface area contributed by atoms with E-state index in [0.717, 1.165) is 31.2 Å². The van der Waals surface area contributed by atoms with Crippen LogP contribution in [0.2, 0.25) is 0 Å². The standard InChI is InChI=1S/C27H37FN2O2.ClH/c1-19(2)22-10-8-11-23(17-22)27(13-5-4-6-14-27)29-18-26(32)25(30-20(3)31)16-21-9-7-12-24(28)15-21;/h7-12,15,17,19,25-26,29,32H,4-6,13-14,16,18H2,1-3H3,(H,30,31);1H/t25-,26-;/m0./s1. The molecule has 182 valence electrons. The third kappa shape index (κ3) is 7.53. The number of hydrogen-bond acceptors (Lipinski definition) is 3. The summed E-state index contributed by atoms with van der Waals surface area (Å²) >= 11 is 0. The molecular weight excluding hydrogens is 439 g/mol. The highest BCUT2D eigenvalue weighted by Crippen LogP contribution is 2.38. The normalized spacial score (nSPS) is 17.2. The van der Waals surface area contributed by atoms with Crippen molar-refractivity contribution in [2.24, 2.45) is 0 Å². The Morgan fingerprint density at radius 1 is 1.09 bits per heavy atom. The summed E-state index contributed by atoms with van der Waals surface area (Å²) in [6.07, 6.45) is 5.14. The number of aliphatic hydroxyl groups is 1. The molecule has 2 aromatic carbocycles. The van der Waals surface area contributed by atoms with Gasteiger partial charge in [-0.1, -0.05) is 69.5 Å². The summed E-state index contributed by atoms with van der Waals surface area (Å²) in [4.78, 5) is 11.8. The summed E-state index contributed by atoms with van der Waals surface area (Å²) in [5, 5.41) is 17.6. The summed E-state index contributed by atoms with van der Waals surface area (Å²) in [7, 11) is 0.